The lowest BCUT2D eigenvalue weighted by Crippen LogP contribution is -2.26. The summed E-state index contributed by atoms with van der Waals surface area (Å²) in [5.74, 6) is 0. The molecule has 0 radical (unpaired) electrons. The highest BCUT2D eigenvalue weighted by Gasteiger charge is 2.52. The summed E-state index contributed by atoms with van der Waals surface area (Å²) in [6, 6.07) is 97.3. The van der Waals surface area contributed by atoms with Crippen LogP contribution < -0.4 is 0 Å². The van der Waals surface area contributed by atoms with E-state index in [9.17, 15) is 0 Å². The third-order valence-electron chi connectivity index (χ3n) is 18.2. The zero-order valence-electron chi connectivity index (χ0n) is 40.2. The van der Waals surface area contributed by atoms with Crippen LogP contribution >= 0.6 is 0 Å². The maximum atomic E-state index is 2.47. The molecule has 338 valence electrons. The van der Waals surface area contributed by atoms with Crippen LogP contribution in [-0.2, 0) is 10.8 Å². The number of rotatable bonds is 3. The fourth-order valence-corrected chi connectivity index (χ4v) is 15.5. The molecular weight excluding hydrogens is 889 g/mol. The van der Waals surface area contributed by atoms with E-state index in [-0.39, 0.29) is 5.41 Å². The highest BCUT2D eigenvalue weighted by molar-refractivity contribution is 6.31. The Bertz CT molecular complexity index is 4730. The monoisotopic (exact) mass is 930 g/mol. The largest absolute Gasteiger partial charge is 0.0725 e. The maximum absolute atomic E-state index is 2.47. The highest BCUT2D eigenvalue weighted by atomic mass is 14.5. The molecule has 0 amide bonds. The van der Waals surface area contributed by atoms with E-state index < -0.39 is 5.41 Å². The first-order valence-corrected chi connectivity index (χ1v) is 26.2. The van der Waals surface area contributed by atoms with Crippen molar-refractivity contribution in [3.63, 3.8) is 0 Å². The SMILES string of the molecule is c1cc(-c2ccc(-c3ccc4c(c3)-c3ccccc3C43c4cccc5c6ccccc6c6cccc3c6c45)cc2)cc(-c2ccc3c(c2)-c2ccccc2C32c3cccc4c5ccccc5c5cccc2c5c34)c1. The quantitative estimate of drug-likeness (QED) is 0.155. The van der Waals surface area contributed by atoms with E-state index in [2.05, 4.69) is 255 Å². The summed E-state index contributed by atoms with van der Waals surface area (Å²) in [4.78, 5) is 0. The number of benzene rings is 14. The minimum atomic E-state index is -0.391. The van der Waals surface area contributed by atoms with Gasteiger partial charge in [-0.25, -0.2) is 0 Å². The number of hydrogen-bond acceptors (Lipinski definition) is 0. The summed E-state index contributed by atoms with van der Waals surface area (Å²) in [5, 5.41) is 16.3. The molecule has 0 heterocycles. The Balaban J connectivity index is 0.728. The molecule has 0 unspecified atom stereocenters. The first-order chi connectivity index (χ1) is 36.7. The van der Waals surface area contributed by atoms with Gasteiger partial charge in [0.1, 0.15) is 0 Å². The fraction of sp³-hybridized carbons (Fsp3) is 0.0270. The van der Waals surface area contributed by atoms with E-state index in [4.69, 9.17) is 0 Å². The summed E-state index contributed by atoms with van der Waals surface area (Å²) in [6.45, 7) is 0. The van der Waals surface area contributed by atoms with Crippen molar-refractivity contribution in [3.05, 3.63) is 299 Å². The van der Waals surface area contributed by atoms with Crippen LogP contribution in [0, 0.1) is 0 Å². The molecule has 0 fully saturated rings. The van der Waals surface area contributed by atoms with Gasteiger partial charge in [-0.15, -0.1) is 0 Å². The van der Waals surface area contributed by atoms with Gasteiger partial charge in [0.25, 0.3) is 0 Å². The first kappa shape index (κ1) is 39.3. The van der Waals surface area contributed by atoms with E-state index in [1.54, 1.807) is 0 Å². The number of hydrogen-bond donors (Lipinski definition) is 0. The van der Waals surface area contributed by atoms with Crippen LogP contribution in [0.4, 0.5) is 0 Å². The van der Waals surface area contributed by atoms with Gasteiger partial charge in [0, 0.05) is 0 Å². The van der Waals surface area contributed by atoms with Gasteiger partial charge in [0.2, 0.25) is 0 Å². The van der Waals surface area contributed by atoms with Gasteiger partial charge in [-0.3, -0.25) is 0 Å². The van der Waals surface area contributed by atoms with Crippen molar-refractivity contribution in [2.75, 3.05) is 0 Å². The molecular formula is C74H42. The minimum Gasteiger partial charge on any atom is -0.0619 e. The summed E-state index contributed by atoms with van der Waals surface area (Å²) < 4.78 is 0. The Morgan fingerprint density at radius 2 is 0.432 bits per heavy atom. The summed E-state index contributed by atoms with van der Waals surface area (Å²) >= 11 is 0. The molecule has 0 N–H and O–H groups in total. The van der Waals surface area contributed by atoms with Crippen molar-refractivity contribution >= 4 is 64.6 Å². The van der Waals surface area contributed by atoms with Gasteiger partial charge < -0.3 is 0 Å². The molecule has 0 atom stereocenters. The van der Waals surface area contributed by atoms with Crippen LogP contribution in [-0.4, -0.2) is 0 Å². The molecule has 74 heavy (non-hydrogen) atoms. The Morgan fingerprint density at radius 3 is 0.838 bits per heavy atom. The molecule has 0 bridgehead atoms. The van der Waals surface area contributed by atoms with Crippen molar-refractivity contribution in [2.24, 2.45) is 0 Å². The molecule has 0 aromatic heterocycles. The van der Waals surface area contributed by atoms with Gasteiger partial charge in [-0.05, 0) is 183 Å². The molecule has 2 spiro atoms. The summed E-state index contributed by atoms with van der Waals surface area (Å²) in [5.41, 5.74) is 22.9. The Hall–Kier alpha value is -9.36. The predicted octanol–water partition coefficient (Wildman–Crippen LogP) is 19.0. The Kier molecular flexibility index (Phi) is 7.31. The van der Waals surface area contributed by atoms with E-state index in [1.165, 1.54) is 165 Å². The molecule has 4 aliphatic carbocycles. The van der Waals surface area contributed by atoms with Crippen LogP contribution in [0.1, 0.15) is 44.5 Å². The van der Waals surface area contributed by atoms with Crippen molar-refractivity contribution in [1.29, 1.82) is 0 Å². The standard InChI is InChI=1S/C74H42/c1-2-17-50-49(16-1)55-22-10-28-65-69(55)70-56(50)23-11-29-66(70)73(65)61-26-7-5-20-53(61)59-41-47(36-38-63(59)73)44-34-32-43(33-35-44)45-14-9-15-46(40-45)48-37-39-64-60(42-48)54-21-6-8-27-62(54)74(64)67-30-12-24-57-51-18-3-4-19-52(51)58-25-13-31-68(74)72(58)71(57)67/h1-42H. The second-order valence-electron chi connectivity index (χ2n) is 21.3. The van der Waals surface area contributed by atoms with Gasteiger partial charge in [0.15, 0.2) is 0 Å². The normalized spacial score (nSPS) is 14.4. The molecule has 14 aromatic carbocycles. The van der Waals surface area contributed by atoms with Gasteiger partial charge in [-0.1, -0.05) is 237 Å². The minimum absolute atomic E-state index is 0.386. The molecule has 0 nitrogen and oxygen atoms in total. The predicted molar refractivity (Wildman–Crippen MR) is 310 cm³/mol. The van der Waals surface area contributed by atoms with E-state index >= 15 is 0 Å². The fourth-order valence-electron chi connectivity index (χ4n) is 15.5. The van der Waals surface area contributed by atoms with Crippen LogP contribution in [0.2, 0.25) is 0 Å². The van der Waals surface area contributed by atoms with Crippen molar-refractivity contribution < 1.29 is 0 Å². The molecule has 0 heteroatoms. The van der Waals surface area contributed by atoms with E-state index in [1.807, 2.05) is 0 Å². The van der Waals surface area contributed by atoms with Crippen LogP contribution in [0.25, 0.3) is 120 Å². The number of fused-ring (bicyclic) bond motifs is 20. The third-order valence-corrected chi connectivity index (χ3v) is 18.2. The van der Waals surface area contributed by atoms with Crippen molar-refractivity contribution in [1.82, 2.24) is 0 Å². The lowest BCUT2D eigenvalue weighted by atomic mass is 9.70. The zero-order valence-corrected chi connectivity index (χ0v) is 40.2. The van der Waals surface area contributed by atoms with Crippen molar-refractivity contribution in [2.45, 2.75) is 10.8 Å². The van der Waals surface area contributed by atoms with Crippen LogP contribution in [0.3, 0.4) is 0 Å². The van der Waals surface area contributed by atoms with Crippen molar-refractivity contribution in [3.8, 4) is 55.6 Å². The second kappa shape index (κ2) is 13.8. The Labute approximate surface area is 428 Å². The summed E-state index contributed by atoms with van der Waals surface area (Å²) in [7, 11) is 0. The van der Waals surface area contributed by atoms with Gasteiger partial charge in [0.05, 0.1) is 10.8 Å². The molecule has 0 saturated heterocycles. The average molecular weight is 931 g/mol. The van der Waals surface area contributed by atoms with Crippen LogP contribution in [0.15, 0.2) is 255 Å². The highest BCUT2D eigenvalue weighted by Crippen LogP contribution is 2.65. The summed E-state index contributed by atoms with van der Waals surface area (Å²) in [6.07, 6.45) is 0. The van der Waals surface area contributed by atoms with E-state index in [0.29, 0.717) is 0 Å². The van der Waals surface area contributed by atoms with E-state index in [0.717, 1.165) is 0 Å². The molecule has 0 aliphatic heterocycles. The smallest absolute Gasteiger partial charge is 0.0619 e. The molecule has 0 saturated carbocycles. The topological polar surface area (TPSA) is 0 Å². The molecule has 18 rings (SSSR count). The lowest BCUT2D eigenvalue weighted by molar-refractivity contribution is 0.797. The average Bonchev–Trinajstić information content (AvgIpc) is 4.34. The second-order valence-corrected chi connectivity index (χ2v) is 21.3. The maximum Gasteiger partial charge on any atom is 0.0725 e. The van der Waals surface area contributed by atoms with Gasteiger partial charge >= 0.3 is 0 Å². The van der Waals surface area contributed by atoms with Crippen LogP contribution in [0.5, 0.6) is 0 Å². The first-order valence-electron chi connectivity index (χ1n) is 26.2. The Morgan fingerprint density at radius 1 is 0.162 bits per heavy atom. The molecule has 14 aromatic rings. The molecule has 4 aliphatic rings. The zero-order chi connectivity index (χ0) is 48.0. The van der Waals surface area contributed by atoms with Gasteiger partial charge in [-0.2, -0.15) is 0 Å². The third kappa shape index (κ3) is 4.55. The lowest BCUT2D eigenvalue weighted by Gasteiger charge is -2.31.